The summed E-state index contributed by atoms with van der Waals surface area (Å²) < 4.78 is 20.0. The molecule has 1 N–H and O–H groups in total. The van der Waals surface area contributed by atoms with Gasteiger partial charge >= 0.3 is 0 Å². The number of halogens is 1. The predicted octanol–water partition coefficient (Wildman–Crippen LogP) is 5.43. The Morgan fingerprint density at radius 3 is 2.53 bits per heavy atom. The third kappa shape index (κ3) is 3.51. The zero-order valence-electron chi connectivity index (χ0n) is 18.6. The lowest BCUT2D eigenvalue weighted by Crippen LogP contribution is -2.25. The normalized spacial score (nSPS) is 15.0. The van der Waals surface area contributed by atoms with Crippen molar-refractivity contribution in [2.45, 2.75) is 12.8 Å². The van der Waals surface area contributed by atoms with E-state index in [2.05, 4.69) is 4.90 Å². The molecule has 1 aliphatic carbocycles. The molecule has 0 saturated carbocycles. The molecule has 170 valence electrons. The zero-order chi connectivity index (χ0) is 23.2. The van der Waals surface area contributed by atoms with Crippen molar-refractivity contribution in [3.05, 3.63) is 77.6 Å². The third-order valence-electron chi connectivity index (χ3n) is 6.69. The molecule has 0 amide bonds. The number of likely N-dealkylation sites (tertiary alicyclic amines) is 1. The van der Waals surface area contributed by atoms with Crippen LogP contribution in [-0.4, -0.2) is 47.0 Å². The molecule has 0 radical (unpaired) electrons. The van der Waals surface area contributed by atoms with Crippen molar-refractivity contribution in [1.29, 1.82) is 0 Å². The van der Waals surface area contributed by atoms with Crippen LogP contribution in [-0.2, 0) is 0 Å². The second kappa shape index (κ2) is 8.22. The molecule has 0 atom stereocenters. The highest BCUT2D eigenvalue weighted by Crippen LogP contribution is 2.46. The van der Waals surface area contributed by atoms with Crippen LogP contribution >= 0.6 is 0 Å². The van der Waals surface area contributed by atoms with Crippen LogP contribution in [0.25, 0.3) is 33.3 Å². The van der Waals surface area contributed by atoms with Crippen molar-refractivity contribution in [3.8, 4) is 33.9 Å². The first-order valence-electron chi connectivity index (χ1n) is 11.6. The Hall–Kier alpha value is -3.77. The molecule has 1 saturated heterocycles. The Morgan fingerprint density at radius 2 is 1.74 bits per heavy atom. The Bertz CT molecular complexity index is 1430. The number of carbonyl (C=O) groups excluding carboxylic acids is 1. The minimum absolute atomic E-state index is 0.0142. The predicted molar refractivity (Wildman–Crippen MR) is 129 cm³/mol. The lowest BCUT2D eigenvalue weighted by atomic mass is 9.96. The Labute approximate surface area is 196 Å². The number of aromatic hydroxyl groups is 1. The highest BCUT2D eigenvalue weighted by atomic mass is 19.1. The van der Waals surface area contributed by atoms with E-state index in [1.165, 1.54) is 31.0 Å². The number of nitrogens with zero attached hydrogens (tertiary/aromatic N) is 2. The molecule has 5 nitrogen and oxygen atoms in total. The van der Waals surface area contributed by atoms with Gasteiger partial charge in [-0.1, -0.05) is 0 Å². The van der Waals surface area contributed by atoms with Crippen LogP contribution in [0.2, 0.25) is 0 Å². The molecule has 0 spiro atoms. The summed E-state index contributed by atoms with van der Waals surface area (Å²) in [7, 11) is 0. The van der Waals surface area contributed by atoms with E-state index < -0.39 is 5.82 Å². The van der Waals surface area contributed by atoms with E-state index in [0.717, 1.165) is 30.9 Å². The molecular formula is C28H23FN2O3. The zero-order valence-corrected chi connectivity index (χ0v) is 18.6. The van der Waals surface area contributed by atoms with Crippen molar-refractivity contribution in [2.24, 2.45) is 0 Å². The van der Waals surface area contributed by atoms with Crippen molar-refractivity contribution >= 4 is 16.7 Å². The van der Waals surface area contributed by atoms with Gasteiger partial charge in [-0.15, -0.1) is 0 Å². The first-order valence-corrected chi connectivity index (χ1v) is 11.6. The van der Waals surface area contributed by atoms with Gasteiger partial charge in [0.1, 0.15) is 23.9 Å². The third-order valence-corrected chi connectivity index (χ3v) is 6.69. The summed E-state index contributed by atoms with van der Waals surface area (Å²) in [4.78, 5) is 20.6. The van der Waals surface area contributed by atoms with Gasteiger partial charge in [-0.2, -0.15) is 0 Å². The van der Waals surface area contributed by atoms with E-state index in [1.54, 1.807) is 18.2 Å². The lowest BCUT2D eigenvalue weighted by molar-refractivity contribution is 0.104. The number of ketones is 1. The maximum atomic E-state index is 14.1. The number of aromatic nitrogens is 1. The summed E-state index contributed by atoms with van der Waals surface area (Å²) in [6, 6.07) is 16.7. The van der Waals surface area contributed by atoms with Gasteiger partial charge < -0.3 is 9.84 Å². The number of benzene rings is 3. The standard InChI is InChI=1S/C28H23FN2O3/c29-18-5-10-24-23(15-18)26-25(21-9-6-19(32)16-22(21)28(26)33)27(30-24)17-3-7-20(8-4-17)34-14-13-31-11-1-2-12-31/h3-10,15-16,32H,1-2,11-14H2. The molecule has 3 aromatic carbocycles. The fourth-order valence-corrected chi connectivity index (χ4v) is 5.02. The highest BCUT2D eigenvalue weighted by molar-refractivity contribution is 6.28. The minimum atomic E-state index is -0.425. The van der Waals surface area contributed by atoms with Gasteiger partial charge in [0.25, 0.3) is 0 Å². The van der Waals surface area contributed by atoms with Crippen LogP contribution in [0.5, 0.6) is 11.5 Å². The summed E-state index contributed by atoms with van der Waals surface area (Å²) in [5.41, 5.74) is 4.21. The van der Waals surface area contributed by atoms with Crippen LogP contribution in [0, 0.1) is 5.82 Å². The van der Waals surface area contributed by atoms with Gasteiger partial charge in [0, 0.05) is 34.2 Å². The number of fused-ring (bicyclic) bond motifs is 5. The Balaban J connectivity index is 1.40. The van der Waals surface area contributed by atoms with E-state index in [-0.39, 0.29) is 11.5 Å². The van der Waals surface area contributed by atoms with Gasteiger partial charge in [-0.25, -0.2) is 9.37 Å². The van der Waals surface area contributed by atoms with E-state index in [1.807, 2.05) is 24.3 Å². The molecular weight excluding hydrogens is 431 g/mol. The smallest absolute Gasteiger partial charge is 0.195 e. The van der Waals surface area contributed by atoms with Crippen molar-refractivity contribution in [1.82, 2.24) is 9.88 Å². The molecule has 1 aliphatic heterocycles. The number of hydrogen-bond acceptors (Lipinski definition) is 5. The average molecular weight is 455 g/mol. The maximum absolute atomic E-state index is 14.1. The molecule has 6 rings (SSSR count). The topological polar surface area (TPSA) is 62.7 Å². The second-order valence-electron chi connectivity index (χ2n) is 8.85. The molecule has 0 bridgehead atoms. The van der Waals surface area contributed by atoms with Gasteiger partial charge in [0.15, 0.2) is 5.78 Å². The number of rotatable bonds is 5. The number of carbonyl (C=O) groups is 1. The molecule has 2 heterocycles. The van der Waals surface area contributed by atoms with Crippen LogP contribution in [0.15, 0.2) is 60.7 Å². The number of hydrogen-bond donors (Lipinski definition) is 1. The van der Waals surface area contributed by atoms with Gasteiger partial charge in [0.05, 0.1) is 11.2 Å². The molecule has 4 aromatic rings. The molecule has 34 heavy (non-hydrogen) atoms. The number of pyridine rings is 1. The monoisotopic (exact) mass is 454 g/mol. The summed E-state index contributed by atoms with van der Waals surface area (Å²) in [5, 5.41) is 10.4. The van der Waals surface area contributed by atoms with Crippen LogP contribution in [0.4, 0.5) is 4.39 Å². The van der Waals surface area contributed by atoms with Crippen LogP contribution < -0.4 is 4.74 Å². The Kier molecular flexibility index (Phi) is 5.03. The molecule has 6 heteroatoms. The molecule has 1 aromatic heterocycles. The summed E-state index contributed by atoms with van der Waals surface area (Å²) in [5.74, 6) is 0.137. The van der Waals surface area contributed by atoms with E-state index in [9.17, 15) is 14.3 Å². The minimum Gasteiger partial charge on any atom is -0.508 e. The Morgan fingerprint density at radius 1 is 0.941 bits per heavy atom. The molecule has 2 aliphatic rings. The highest BCUT2D eigenvalue weighted by Gasteiger charge is 2.33. The molecule has 0 unspecified atom stereocenters. The first kappa shape index (κ1) is 20.8. The van der Waals surface area contributed by atoms with Crippen molar-refractivity contribution < 1.29 is 19.0 Å². The van der Waals surface area contributed by atoms with Gasteiger partial charge in [-0.3, -0.25) is 9.69 Å². The first-order chi connectivity index (χ1) is 16.6. The maximum Gasteiger partial charge on any atom is 0.195 e. The fraction of sp³-hybridized carbons (Fsp3) is 0.214. The van der Waals surface area contributed by atoms with E-state index >= 15 is 0 Å². The number of phenols is 1. The summed E-state index contributed by atoms with van der Waals surface area (Å²) >= 11 is 0. The fourth-order valence-electron chi connectivity index (χ4n) is 5.02. The quantitative estimate of drug-likeness (QED) is 0.384. The van der Waals surface area contributed by atoms with Crippen molar-refractivity contribution in [2.75, 3.05) is 26.2 Å². The van der Waals surface area contributed by atoms with Gasteiger partial charge in [0.2, 0.25) is 0 Å². The number of ether oxygens (including phenoxy) is 1. The molecule has 1 fully saturated rings. The van der Waals surface area contributed by atoms with E-state index in [0.29, 0.717) is 45.5 Å². The largest absolute Gasteiger partial charge is 0.508 e. The van der Waals surface area contributed by atoms with Crippen molar-refractivity contribution in [3.63, 3.8) is 0 Å². The van der Waals surface area contributed by atoms with Gasteiger partial charge in [-0.05, 0) is 92.2 Å². The SMILES string of the molecule is O=C1c2cc(O)ccc2-c2c(-c3ccc(OCCN4CCCC4)cc3)nc3ccc(F)cc3c21. The summed E-state index contributed by atoms with van der Waals surface area (Å²) in [6.45, 7) is 3.84. The number of phenolic OH excluding ortho intramolecular Hbond substituents is 1. The average Bonchev–Trinajstić information content (AvgIpc) is 3.46. The van der Waals surface area contributed by atoms with E-state index in [4.69, 9.17) is 9.72 Å². The van der Waals surface area contributed by atoms with Crippen LogP contribution in [0.1, 0.15) is 28.8 Å². The summed E-state index contributed by atoms with van der Waals surface area (Å²) in [6.07, 6.45) is 2.52. The lowest BCUT2D eigenvalue weighted by Gasteiger charge is -2.15. The second-order valence-corrected chi connectivity index (χ2v) is 8.85. The van der Waals surface area contributed by atoms with Crippen LogP contribution in [0.3, 0.4) is 0 Å².